The number of aromatic nitrogens is 4. The van der Waals surface area contributed by atoms with Crippen LogP contribution in [0.1, 0.15) is 6.23 Å². The summed E-state index contributed by atoms with van der Waals surface area (Å²) in [6.45, 7) is -0.786. The summed E-state index contributed by atoms with van der Waals surface area (Å²) in [5.74, 6) is 0.0788. The first-order chi connectivity index (χ1) is 15.1. The molecular formula is C11H18N5O12P3S2. The van der Waals surface area contributed by atoms with Gasteiger partial charge in [0, 0.05) is 0 Å². The predicted molar refractivity (Wildman–Crippen MR) is 113 cm³/mol. The van der Waals surface area contributed by atoms with E-state index in [0.29, 0.717) is 5.16 Å². The van der Waals surface area contributed by atoms with Crippen molar-refractivity contribution in [3.8, 4) is 0 Å². The van der Waals surface area contributed by atoms with Crippen molar-refractivity contribution in [1.29, 1.82) is 0 Å². The number of ether oxygens (including phenoxy) is 1. The van der Waals surface area contributed by atoms with Gasteiger partial charge in [0.1, 0.15) is 30.4 Å². The average Bonchev–Trinajstić information content (AvgIpc) is 3.19. The molecule has 1 fully saturated rings. The molecule has 3 rings (SSSR count). The summed E-state index contributed by atoms with van der Waals surface area (Å²) < 4.78 is 41.4. The Morgan fingerprint density at radius 2 is 2.00 bits per heavy atom. The SMILES string of the molecule is CSc1nc(N)c2ncn(C3OC(CO[P+]([O-])(S)OP(=O)(O)OP(=O)(O)O)C(O)C3O)c2n1. The zero-order valence-corrected chi connectivity index (χ0v) is 20.6. The molecule has 1 aliphatic heterocycles. The monoisotopic (exact) mass is 569 g/mol. The highest BCUT2D eigenvalue weighted by Crippen LogP contribution is 2.71. The van der Waals surface area contributed by atoms with Crippen LogP contribution in [0.15, 0.2) is 11.5 Å². The Bertz CT molecular complexity index is 1120. The standard InChI is InChI=1S/C11H18N5O12P3S2/c1-33-11-14-8(12)5-9(15-11)16(3-13-5)10-7(18)6(17)4(26-10)2-25-31(24,32)28-30(22,23)27-29(19,20)21/h3-4,6-7,10,17-18H,2H2,1H3,(H,22,23)(H,24,32)(H2,12,14,15)(H2,19,20,21). The lowest BCUT2D eigenvalue weighted by atomic mass is 10.1. The molecule has 7 N–H and O–H groups in total. The average molecular weight is 569 g/mol. The van der Waals surface area contributed by atoms with Crippen LogP contribution in [0.3, 0.4) is 0 Å². The fourth-order valence-corrected chi connectivity index (χ4v) is 7.19. The highest BCUT2D eigenvalue weighted by atomic mass is 32.7. The van der Waals surface area contributed by atoms with Crippen molar-refractivity contribution in [1.82, 2.24) is 19.5 Å². The number of aliphatic hydroxyl groups excluding tert-OH is 2. The minimum atomic E-state index is -5.54. The second-order valence-corrected chi connectivity index (χ2v) is 13.0. The van der Waals surface area contributed by atoms with E-state index in [1.165, 1.54) is 22.7 Å². The summed E-state index contributed by atoms with van der Waals surface area (Å²) in [7, 11) is -15.8. The van der Waals surface area contributed by atoms with E-state index in [4.69, 9.17) is 24.8 Å². The summed E-state index contributed by atoms with van der Waals surface area (Å²) >= 11 is 4.62. The van der Waals surface area contributed by atoms with Crippen LogP contribution in [0.2, 0.25) is 0 Å². The van der Waals surface area contributed by atoms with E-state index in [-0.39, 0.29) is 17.0 Å². The lowest BCUT2D eigenvalue weighted by Crippen LogP contribution is -2.34. The van der Waals surface area contributed by atoms with Crippen LogP contribution in [0.4, 0.5) is 5.82 Å². The summed E-state index contributed by atoms with van der Waals surface area (Å²) in [4.78, 5) is 50.9. The zero-order chi connectivity index (χ0) is 24.8. The molecule has 0 saturated carbocycles. The number of hydrogen-bond donors (Lipinski definition) is 7. The maximum Gasteiger partial charge on any atom is 0.518 e. The van der Waals surface area contributed by atoms with Gasteiger partial charge in [0.25, 0.3) is 0 Å². The lowest BCUT2D eigenvalue weighted by molar-refractivity contribution is -0.205. The molecule has 2 aromatic heterocycles. The van der Waals surface area contributed by atoms with E-state index < -0.39 is 53.9 Å². The number of rotatable bonds is 9. The molecule has 17 nitrogen and oxygen atoms in total. The van der Waals surface area contributed by atoms with Crippen LogP contribution in [-0.2, 0) is 27.0 Å². The minimum Gasteiger partial charge on any atom is -0.621 e. The van der Waals surface area contributed by atoms with Crippen LogP contribution in [0.5, 0.6) is 0 Å². The number of nitrogens with two attached hydrogens (primary N) is 1. The van der Waals surface area contributed by atoms with Gasteiger partial charge in [0.15, 0.2) is 22.8 Å². The number of phosphoric acid groups is 2. The number of thioether (sulfide) groups is 1. The Morgan fingerprint density at radius 3 is 2.61 bits per heavy atom. The zero-order valence-electron chi connectivity index (χ0n) is 16.3. The third-order valence-electron chi connectivity index (χ3n) is 4.04. The van der Waals surface area contributed by atoms with Crippen molar-refractivity contribution in [3.63, 3.8) is 0 Å². The van der Waals surface area contributed by atoms with E-state index in [1.807, 2.05) is 0 Å². The lowest BCUT2D eigenvalue weighted by Gasteiger charge is -2.24. The topological polar surface area (TPSA) is 265 Å². The Balaban J connectivity index is 1.72. The van der Waals surface area contributed by atoms with Gasteiger partial charge in [-0.15, -0.1) is 0 Å². The van der Waals surface area contributed by atoms with Crippen molar-refractivity contribution in [2.75, 3.05) is 18.6 Å². The number of anilines is 1. The maximum absolute atomic E-state index is 12.2. The van der Waals surface area contributed by atoms with Gasteiger partial charge in [-0.3, -0.25) is 9.46 Å². The predicted octanol–water partition coefficient (Wildman–Crippen LogP) is -1.04. The van der Waals surface area contributed by atoms with Crippen LogP contribution in [0.25, 0.3) is 11.2 Å². The van der Waals surface area contributed by atoms with E-state index >= 15 is 0 Å². The third-order valence-corrected chi connectivity index (χ3v) is 9.39. The van der Waals surface area contributed by atoms with Crippen LogP contribution >= 0.6 is 46.8 Å². The molecule has 186 valence electrons. The molecule has 6 atom stereocenters. The van der Waals surface area contributed by atoms with Gasteiger partial charge in [0.2, 0.25) is 0 Å². The van der Waals surface area contributed by atoms with Gasteiger partial charge in [-0.05, 0) is 6.26 Å². The molecule has 33 heavy (non-hydrogen) atoms. The van der Waals surface area contributed by atoms with E-state index in [9.17, 15) is 29.1 Å². The number of hydrogen-bond acceptors (Lipinski definition) is 15. The van der Waals surface area contributed by atoms with Crippen molar-refractivity contribution in [3.05, 3.63) is 6.33 Å². The summed E-state index contributed by atoms with van der Waals surface area (Å²) in [5, 5.41) is 21.0. The first kappa shape index (κ1) is 27.1. The molecule has 0 aliphatic carbocycles. The molecule has 6 unspecified atom stereocenters. The van der Waals surface area contributed by atoms with Gasteiger partial charge >= 0.3 is 22.8 Å². The Labute approximate surface area is 194 Å². The number of fused-ring (bicyclic) bond motifs is 1. The molecule has 2 aromatic rings. The van der Waals surface area contributed by atoms with Crippen molar-refractivity contribution < 1.29 is 56.8 Å². The normalized spacial score (nSPS) is 27.5. The number of thiol groups is 1. The molecular weight excluding hydrogens is 551 g/mol. The number of imidazole rings is 1. The molecule has 0 amide bonds. The maximum atomic E-state index is 12.2. The minimum absolute atomic E-state index is 0.0788. The number of aliphatic hydroxyl groups is 2. The molecule has 0 radical (unpaired) electrons. The van der Waals surface area contributed by atoms with Crippen molar-refractivity contribution in [2.24, 2.45) is 0 Å². The second-order valence-electron chi connectivity index (χ2n) is 6.35. The first-order valence-electron chi connectivity index (χ1n) is 8.46. The number of nitrogens with zero attached hydrogens (tertiary/aromatic N) is 4. The summed E-state index contributed by atoms with van der Waals surface area (Å²) in [6, 6.07) is 0. The highest BCUT2D eigenvalue weighted by molar-refractivity contribution is 8.47. The number of nitrogen functional groups attached to an aromatic ring is 1. The highest BCUT2D eigenvalue weighted by Gasteiger charge is 2.48. The third kappa shape index (κ3) is 6.61. The molecule has 0 bridgehead atoms. The summed E-state index contributed by atoms with van der Waals surface area (Å²) in [5.41, 5.74) is 6.26. The Hall–Kier alpha value is -0.460. The molecule has 0 spiro atoms. The Morgan fingerprint density at radius 1 is 1.33 bits per heavy atom. The molecule has 1 aliphatic rings. The van der Waals surface area contributed by atoms with Gasteiger partial charge < -0.3 is 35.4 Å². The van der Waals surface area contributed by atoms with Gasteiger partial charge in [-0.25, -0.2) is 24.1 Å². The molecule has 3 heterocycles. The van der Waals surface area contributed by atoms with Gasteiger partial charge in [-0.1, -0.05) is 16.1 Å². The van der Waals surface area contributed by atoms with Gasteiger partial charge in [0.05, 0.1) is 18.6 Å². The van der Waals surface area contributed by atoms with Crippen LogP contribution in [0, 0.1) is 0 Å². The Kier molecular flexibility index (Phi) is 8.13. The largest absolute Gasteiger partial charge is 0.621 e. The van der Waals surface area contributed by atoms with E-state index in [1.54, 1.807) is 6.26 Å². The van der Waals surface area contributed by atoms with Crippen molar-refractivity contribution in [2.45, 2.75) is 29.7 Å². The molecule has 1 saturated heterocycles. The van der Waals surface area contributed by atoms with Crippen LogP contribution < -0.4 is 10.6 Å². The van der Waals surface area contributed by atoms with Gasteiger partial charge in [-0.2, -0.15) is 8.83 Å². The van der Waals surface area contributed by atoms with Crippen molar-refractivity contribution >= 4 is 63.8 Å². The summed E-state index contributed by atoms with van der Waals surface area (Å²) in [6.07, 6.45) is -2.79. The first-order valence-corrected chi connectivity index (χ1v) is 15.4. The fourth-order valence-electron chi connectivity index (χ4n) is 2.76. The molecule has 0 aromatic carbocycles. The van der Waals surface area contributed by atoms with E-state index in [2.05, 4.69) is 35.8 Å². The second kappa shape index (κ2) is 9.89. The quantitative estimate of drug-likeness (QED) is 0.0822. The fraction of sp³-hybridized carbons (Fsp3) is 0.545. The van der Waals surface area contributed by atoms with Crippen LogP contribution in [-0.4, -0.2) is 75.6 Å². The van der Waals surface area contributed by atoms with E-state index in [0.717, 1.165) is 0 Å². The molecule has 22 heteroatoms. The smallest absolute Gasteiger partial charge is 0.518 e.